The minimum atomic E-state index is 0.404. The van der Waals surface area contributed by atoms with Gasteiger partial charge in [-0.25, -0.2) is 0 Å². The van der Waals surface area contributed by atoms with Gasteiger partial charge in [0.1, 0.15) is 0 Å². The van der Waals surface area contributed by atoms with Gasteiger partial charge in [-0.1, -0.05) is 26.2 Å². The molecule has 0 amide bonds. The molecule has 15 heavy (non-hydrogen) atoms. The summed E-state index contributed by atoms with van der Waals surface area (Å²) in [5.41, 5.74) is 6.31. The van der Waals surface area contributed by atoms with Crippen LogP contribution in [0, 0.1) is 0 Å². The van der Waals surface area contributed by atoms with Crippen LogP contribution < -0.4 is 5.73 Å². The summed E-state index contributed by atoms with van der Waals surface area (Å²) in [5, 5.41) is 0. The monoisotopic (exact) mass is 212 g/mol. The third kappa shape index (κ3) is 3.76. The summed E-state index contributed by atoms with van der Waals surface area (Å²) < 4.78 is 0. The zero-order valence-corrected chi connectivity index (χ0v) is 10.7. The maximum atomic E-state index is 6.31. The zero-order chi connectivity index (χ0) is 11.3. The number of nitrogens with two attached hydrogens (primary N) is 1. The molecular weight excluding hydrogens is 184 g/mol. The van der Waals surface area contributed by atoms with Crippen LogP contribution in [0.25, 0.3) is 0 Å². The van der Waals surface area contributed by atoms with E-state index >= 15 is 0 Å². The topological polar surface area (TPSA) is 29.3 Å². The smallest absolute Gasteiger partial charge is 0.0249 e. The molecule has 0 heterocycles. The SMILES string of the molecule is CCCN(C(C)C)C1CCCCCC1N. The van der Waals surface area contributed by atoms with E-state index < -0.39 is 0 Å². The standard InChI is InChI=1S/C13H28N2/c1-4-10-15(11(2)3)13-9-7-5-6-8-12(13)14/h11-13H,4-10,14H2,1-3H3. The number of rotatable bonds is 4. The number of nitrogens with zero attached hydrogens (tertiary/aromatic N) is 1. The highest BCUT2D eigenvalue weighted by Gasteiger charge is 2.27. The quantitative estimate of drug-likeness (QED) is 0.726. The van der Waals surface area contributed by atoms with E-state index in [1.165, 1.54) is 45.1 Å². The Bertz CT molecular complexity index is 168. The lowest BCUT2D eigenvalue weighted by molar-refractivity contribution is 0.125. The van der Waals surface area contributed by atoms with Crippen molar-refractivity contribution in [2.45, 2.75) is 77.4 Å². The summed E-state index contributed by atoms with van der Waals surface area (Å²) in [6.45, 7) is 8.06. The van der Waals surface area contributed by atoms with E-state index in [9.17, 15) is 0 Å². The Labute approximate surface area is 95.2 Å². The van der Waals surface area contributed by atoms with Gasteiger partial charge in [0.15, 0.2) is 0 Å². The predicted octanol–water partition coefficient (Wildman–Crippen LogP) is 2.77. The van der Waals surface area contributed by atoms with Crippen molar-refractivity contribution in [2.75, 3.05) is 6.54 Å². The first-order valence-electron chi connectivity index (χ1n) is 6.68. The lowest BCUT2D eigenvalue weighted by Crippen LogP contribution is -2.50. The molecule has 0 aliphatic heterocycles. The van der Waals surface area contributed by atoms with Gasteiger partial charge in [0.25, 0.3) is 0 Å². The average Bonchev–Trinajstić information content (AvgIpc) is 2.39. The van der Waals surface area contributed by atoms with Gasteiger partial charge < -0.3 is 5.73 Å². The van der Waals surface area contributed by atoms with Crippen LogP contribution in [0.3, 0.4) is 0 Å². The molecule has 0 radical (unpaired) electrons. The third-order valence-electron chi connectivity index (χ3n) is 3.60. The van der Waals surface area contributed by atoms with E-state index in [0.29, 0.717) is 18.1 Å². The molecule has 0 saturated heterocycles. The van der Waals surface area contributed by atoms with Crippen LogP contribution >= 0.6 is 0 Å². The summed E-state index contributed by atoms with van der Waals surface area (Å²) in [5.74, 6) is 0. The summed E-state index contributed by atoms with van der Waals surface area (Å²) in [6.07, 6.45) is 7.83. The Morgan fingerprint density at radius 1 is 1.20 bits per heavy atom. The van der Waals surface area contributed by atoms with E-state index in [1.807, 2.05) is 0 Å². The normalized spacial score (nSPS) is 28.4. The van der Waals surface area contributed by atoms with Crippen molar-refractivity contribution in [3.05, 3.63) is 0 Å². The highest BCUT2D eigenvalue weighted by molar-refractivity contribution is 4.85. The molecule has 0 aromatic carbocycles. The molecule has 0 aromatic rings. The largest absolute Gasteiger partial charge is 0.326 e. The molecule has 0 spiro atoms. The molecule has 2 unspecified atom stereocenters. The molecule has 1 aliphatic rings. The van der Waals surface area contributed by atoms with Gasteiger partial charge in [0, 0.05) is 18.1 Å². The van der Waals surface area contributed by atoms with Crippen molar-refractivity contribution in [1.82, 2.24) is 4.90 Å². The van der Waals surface area contributed by atoms with E-state index in [4.69, 9.17) is 5.73 Å². The maximum Gasteiger partial charge on any atom is 0.0249 e. The van der Waals surface area contributed by atoms with Crippen LogP contribution in [0.2, 0.25) is 0 Å². The Morgan fingerprint density at radius 2 is 1.87 bits per heavy atom. The minimum Gasteiger partial charge on any atom is -0.326 e. The van der Waals surface area contributed by atoms with Gasteiger partial charge in [-0.15, -0.1) is 0 Å². The average molecular weight is 212 g/mol. The van der Waals surface area contributed by atoms with Gasteiger partial charge >= 0.3 is 0 Å². The molecule has 1 saturated carbocycles. The van der Waals surface area contributed by atoms with Crippen LogP contribution in [-0.2, 0) is 0 Å². The van der Waals surface area contributed by atoms with Gasteiger partial charge in [-0.3, -0.25) is 4.90 Å². The first-order valence-corrected chi connectivity index (χ1v) is 6.68. The Balaban J connectivity index is 2.61. The summed E-state index contributed by atoms with van der Waals surface area (Å²) in [6, 6.07) is 1.67. The molecule has 2 nitrogen and oxygen atoms in total. The van der Waals surface area contributed by atoms with E-state index in [2.05, 4.69) is 25.7 Å². The lowest BCUT2D eigenvalue weighted by atomic mass is 10.0. The fourth-order valence-corrected chi connectivity index (χ4v) is 2.79. The molecule has 0 aromatic heterocycles. The Morgan fingerprint density at radius 3 is 2.47 bits per heavy atom. The number of hydrogen-bond acceptors (Lipinski definition) is 2. The van der Waals surface area contributed by atoms with Gasteiger partial charge in [-0.05, 0) is 39.7 Å². The second-order valence-electron chi connectivity index (χ2n) is 5.20. The zero-order valence-electron chi connectivity index (χ0n) is 10.7. The molecule has 90 valence electrons. The maximum absolute atomic E-state index is 6.31. The van der Waals surface area contributed by atoms with Crippen LogP contribution in [-0.4, -0.2) is 29.6 Å². The van der Waals surface area contributed by atoms with Crippen LogP contribution in [0.4, 0.5) is 0 Å². The molecular formula is C13H28N2. The van der Waals surface area contributed by atoms with Crippen molar-refractivity contribution in [3.63, 3.8) is 0 Å². The molecule has 1 rings (SSSR count). The molecule has 2 heteroatoms. The molecule has 2 N–H and O–H groups in total. The van der Waals surface area contributed by atoms with E-state index in [1.54, 1.807) is 0 Å². The third-order valence-corrected chi connectivity index (χ3v) is 3.60. The van der Waals surface area contributed by atoms with Crippen LogP contribution in [0.1, 0.15) is 59.3 Å². The van der Waals surface area contributed by atoms with E-state index in [0.717, 1.165) is 0 Å². The predicted molar refractivity (Wildman–Crippen MR) is 67.0 cm³/mol. The molecule has 1 fully saturated rings. The lowest BCUT2D eigenvalue weighted by Gasteiger charge is -2.37. The van der Waals surface area contributed by atoms with Crippen molar-refractivity contribution >= 4 is 0 Å². The Hall–Kier alpha value is -0.0800. The Kier molecular flexibility index (Phi) is 5.62. The first-order chi connectivity index (χ1) is 7.16. The fraction of sp³-hybridized carbons (Fsp3) is 1.00. The van der Waals surface area contributed by atoms with Crippen molar-refractivity contribution in [3.8, 4) is 0 Å². The highest BCUT2D eigenvalue weighted by Crippen LogP contribution is 2.23. The summed E-state index contributed by atoms with van der Waals surface area (Å²) in [7, 11) is 0. The van der Waals surface area contributed by atoms with E-state index in [-0.39, 0.29) is 0 Å². The van der Waals surface area contributed by atoms with Crippen LogP contribution in [0.5, 0.6) is 0 Å². The van der Waals surface area contributed by atoms with Gasteiger partial charge in [0.05, 0.1) is 0 Å². The summed E-state index contributed by atoms with van der Waals surface area (Å²) >= 11 is 0. The second-order valence-corrected chi connectivity index (χ2v) is 5.20. The second kappa shape index (κ2) is 6.49. The van der Waals surface area contributed by atoms with Gasteiger partial charge in [-0.2, -0.15) is 0 Å². The molecule has 1 aliphatic carbocycles. The van der Waals surface area contributed by atoms with Gasteiger partial charge in [0.2, 0.25) is 0 Å². The highest BCUT2D eigenvalue weighted by atomic mass is 15.2. The van der Waals surface area contributed by atoms with Crippen LogP contribution in [0.15, 0.2) is 0 Å². The summed E-state index contributed by atoms with van der Waals surface area (Å²) in [4.78, 5) is 2.62. The first kappa shape index (κ1) is 13.0. The fourth-order valence-electron chi connectivity index (χ4n) is 2.79. The van der Waals surface area contributed by atoms with Crippen molar-refractivity contribution in [2.24, 2.45) is 5.73 Å². The molecule has 2 atom stereocenters. The van der Waals surface area contributed by atoms with Crippen molar-refractivity contribution in [1.29, 1.82) is 0 Å². The molecule has 0 bridgehead atoms. The number of hydrogen-bond donors (Lipinski definition) is 1. The minimum absolute atomic E-state index is 0.404. The van der Waals surface area contributed by atoms with Crippen molar-refractivity contribution < 1.29 is 0 Å².